The number of hydrogen-bond acceptors (Lipinski definition) is 2. The van der Waals surface area contributed by atoms with Gasteiger partial charge in [0.05, 0.1) is 11.6 Å². The summed E-state index contributed by atoms with van der Waals surface area (Å²) < 4.78 is 0. The third kappa shape index (κ3) is 2.07. The maximum absolute atomic E-state index is 8.64. The molecule has 1 aliphatic rings. The second-order valence-electron chi connectivity index (χ2n) is 5.14. The molecule has 2 unspecified atom stereocenters. The van der Waals surface area contributed by atoms with Crippen molar-refractivity contribution < 1.29 is 0 Å². The summed E-state index contributed by atoms with van der Waals surface area (Å²) in [7, 11) is 0. The smallest absolute Gasteiger partial charge is 0.0664 e. The van der Waals surface area contributed by atoms with E-state index in [2.05, 4.69) is 44.2 Å². The van der Waals surface area contributed by atoms with Gasteiger partial charge in [0.2, 0.25) is 0 Å². The number of aryl methyl sites for hydroxylation is 1. The molecule has 0 saturated heterocycles. The third-order valence-corrected chi connectivity index (χ3v) is 3.95. The van der Waals surface area contributed by atoms with Crippen LogP contribution in [-0.4, -0.2) is 0 Å². The van der Waals surface area contributed by atoms with E-state index in [9.17, 15) is 0 Å². The van der Waals surface area contributed by atoms with Crippen LogP contribution in [0.2, 0.25) is 0 Å². The van der Waals surface area contributed by atoms with Gasteiger partial charge in [0, 0.05) is 12.3 Å². The number of hydrogen-bond donors (Lipinski definition) is 1. The molecule has 1 aromatic rings. The van der Waals surface area contributed by atoms with Crippen LogP contribution in [0.25, 0.3) is 0 Å². The molecule has 0 heterocycles. The molecule has 0 spiro atoms. The Kier molecular flexibility index (Phi) is 3.54. The average molecular weight is 240 g/mol. The summed E-state index contributed by atoms with van der Waals surface area (Å²) in [6, 6.07) is 10.6. The van der Waals surface area contributed by atoms with Crippen molar-refractivity contribution in [1.82, 2.24) is 0 Å². The Balaban J connectivity index is 2.27. The van der Waals surface area contributed by atoms with Crippen LogP contribution >= 0.6 is 0 Å². The van der Waals surface area contributed by atoms with Crippen LogP contribution in [0.15, 0.2) is 35.9 Å². The van der Waals surface area contributed by atoms with E-state index >= 15 is 0 Å². The van der Waals surface area contributed by atoms with Crippen LogP contribution in [0.1, 0.15) is 37.8 Å². The zero-order valence-corrected chi connectivity index (χ0v) is 11.1. The molecular weight excluding hydrogens is 220 g/mol. The Morgan fingerprint density at radius 1 is 1.44 bits per heavy atom. The van der Waals surface area contributed by atoms with Gasteiger partial charge in [-0.15, -0.1) is 0 Å². The van der Waals surface area contributed by atoms with Crippen molar-refractivity contribution in [2.45, 2.75) is 38.6 Å². The number of benzene rings is 1. The molecule has 18 heavy (non-hydrogen) atoms. The van der Waals surface area contributed by atoms with Gasteiger partial charge >= 0.3 is 0 Å². The lowest BCUT2D eigenvalue weighted by Gasteiger charge is -2.44. The van der Waals surface area contributed by atoms with Crippen molar-refractivity contribution in [3.05, 3.63) is 47.0 Å². The summed E-state index contributed by atoms with van der Waals surface area (Å²) in [5, 5.41) is 8.64. The Morgan fingerprint density at radius 2 is 2.22 bits per heavy atom. The van der Waals surface area contributed by atoms with Crippen LogP contribution in [-0.2, 0) is 12.0 Å². The van der Waals surface area contributed by atoms with Gasteiger partial charge in [0.1, 0.15) is 0 Å². The molecule has 0 aromatic heterocycles. The van der Waals surface area contributed by atoms with E-state index in [-0.39, 0.29) is 5.54 Å². The van der Waals surface area contributed by atoms with Gasteiger partial charge in [-0.3, -0.25) is 0 Å². The predicted octanol–water partition coefficient (Wildman–Crippen LogP) is 3.28. The minimum absolute atomic E-state index is 0.304. The van der Waals surface area contributed by atoms with Gasteiger partial charge in [-0.2, -0.15) is 5.26 Å². The van der Waals surface area contributed by atoms with Gasteiger partial charge < -0.3 is 5.73 Å². The lowest BCUT2D eigenvalue weighted by molar-refractivity contribution is 0.325. The first-order chi connectivity index (χ1) is 8.61. The topological polar surface area (TPSA) is 49.8 Å². The maximum Gasteiger partial charge on any atom is 0.0664 e. The highest BCUT2D eigenvalue weighted by molar-refractivity contribution is 5.43. The van der Waals surface area contributed by atoms with E-state index in [0.29, 0.717) is 12.3 Å². The molecule has 2 heteroatoms. The van der Waals surface area contributed by atoms with Crippen molar-refractivity contribution in [2.75, 3.05) is 0 Å². The van der Waals surface area contributed by atoms with E-state index in [4.69, 9.17) is 11.0 Å². The summed E-state index contributed by atoms with van der Waals surface area (Å²) >= 11 is 0. The molecule has 2 N–H and O–H groups in total. The Bertz CT molecular complexity index is 510. The van der Waals surface area contributed by atoms with Gasteiger partial charge in [-0.25, -0.2) is 0 Å². The minimum atomic E-state index is -0.304. The quantitative estimate of drug-likeness (QED) is 0.821. The fourth-order valence-electron chi connectivity index (χ4n) is 3.00. The fraction of sp³-hybridized carbons (Fsp3) is 0.438. The molecule has 0 fully saturated rings. The summed E-state index contributed by atoms with van der Waals surface area (Å²) in [6.07, 6.45) is 4.61. The molecule has 1 aliphatic carbocycles. The Labute approximate surface area is 109 Å². The molecule has 0 radical (unpaired) electrons. The van der Waals surface area contributed by atoms with Crippen LogP contribution in [0.5, 0.6) is 0 Å². The summed E-state index contributed by atoms with van der Waals surface area (Å²) in [5.74, 6) is 0.448. The molecule has 0 bridgehead atoms. The Morgan fingerprint density at radius 3 is 2.83 bits per heavy atom. The van der Waals surface area contributed by atoms with Crippen LogP contribution < -0.4 is 5.73 Å². The number of rotatable bonds is 4. The zero-order chi connectivity index (χ0) is 13.2. The molecular formula is C16H20N2. The normalized spacial score (nSPS) is 26.1. The SMILES string of the molecule is CCC1C(C)=CC1(N)c1cccc(CCC#N)c1. The van der Waals surface area contributed by atoms with Gasteiger partial charge in [0.25, 0.3) is 0 Å². The lowest BCUT2D eigenvalue weighted by Crippen LogP contribution is -2.49. The summed E-state index contributed by atoms with van der Waals surface area (Å²) in [6.45, 7) is 4.33. The minimum Gasteiger partial charge on any atom is -0.318 e. The molecule has 0 aliphatic heterocycles. The largest absolute Gasteiger partial charge is 0.318 e. The first-order valence-corrected chi connectivity index (χ1v) is 6.56. The molecule has 2 rings (SSSR count). The second-order valence-corrected chi connectivity index (χ2v) is 5.14. The van der Waals surface area contributed by atoms with E-state index in [0.717, 1.165) is 12.8 Å². The van der Waals surface area contributed by atoms with Crippen LogP contribution in [0.3, 0.4) is 0 Å². The number of nitrogens with two attached hydrogens (primary N) is 1. The summed E-state index contributed by atoms with van der Waals surface area (Å²) in [5.41, 5.74) is 9.99. The van der Waals surface area contributed by atoms with Crippen molar-refractivity contribution >= 4 is 0 Å². The average Bonchev–Trinajstić information content (AvgIpc) is 2.36. The lowest BCUT2D eigenvalue weighted by atomic mass is 9.64. The second kappa shape index (κ2) is 4.96. The zero-order valence-electron chi connectivity index (χ0n) is 11.1. The molecule has 0 amide bonds. The van der Waals surface area contributed by atoms with Crippen molar-refractivity contribution in [3.8, 4) is 6.07 Å². The molecule has 0 saturated carbocycles. The van der Waals surface area contributed by atoms with E-state index in [1.54, 1.807) is 0 Å². The maximum atomic E-state index is 8.64. The van der Waals surface area contributed by atoms with Crippen molar-refractivity contribution in [2.24, 2.45) is 11.7 Å². The van der Waals surface area contributed by atoms with Crippen LogP contribution in [0, 0.1) is 17.2 Å². The van der Waals surface area contributed by atoms with Gasteiger partial charge in [-0.05, 0) is 30.9 Å². The predicted molar refractivity (Wildman–Crippen MR) is 73.8 cm³/mol. The summed E-state index contributed by atoms with van der Waals surface area (Å²) in [4.78, 5) is 0. The first-order valence-electron chi connectivity index (χ1n) is 6.56. The van der Waals surface area contributed by atoms with E-state index < -0.39 is 0 Å². The third-order valence-electron chi connectivity index (χ3n) is 3.95. The highest BCUT2D eigenvalue weighted by Gasteiger charge is 2.41. The van der Waals surface area contributed by atoms with Crippen molar-refractivity contribution in [3.63, 3.8) is 0 Å². The van der Waals surface area contributed by atoms with Crippen molar-refractivity contribution in [1.29, 1.82) is 5.26 Å². The fourth-order valence-corrected chi connectivity index (χ4v) is 3.00. The highest BCUT2D eigenvalue weighted by atomic mass is 14.8. The molecule has 2 nitrogen and oxygen atoms in total. The first kappa shape index (κ1) is 12.9. The van der Waals surface area contributed by atoms with E-state index in [1.165, 1.54) is 16.7 Å². The molecule has 1 aromatic carbocycles. The number of nitriles is 1. The van der Waals surface area contributed by atoms with E-state index in [1.807, 2.05) is 6.07 Å². The Hall–Kier alpha value is -1.59. The molecule has 2 atom stereocenters. The highest BCUT2D eigenvalue weighted by Crippen LogP contribution is 2.44. The van der Waals surface area contributed by atoms with Crippen LogP contribution in [0.4, 0.5) is 0 Å². The monoisotopic (exact) mass is 240 g/mol. The van der Waals surface area contributed by atoms with Gasteiger partial charge in [-0.1, -0.05) is 42.8 Å². The molecule has 94 valence electrons. The standard InChI is InChI=1S/C16H20N2/c1-3-15-12(2)11-16(15,18)14-8-4-6-13(10-14)7-5-9-17/h4,6,8,10-11,15H,3,5,7,18H2,1-2H3. The number of nitrogens with zero attached hydrogens (tertiary/aromatic N) is 1. The van der Waals surface area contributed by atoms with Gasteiger partial charge in [0.15, 0.2) is 0 Å².